The molecule has 6 heteroatoms. The standard InChI is InChI=1S/C12H12O5S/c13-10(9-4-2-1-3-5-9)6-18(7-11(14)15)8-12(16)17/h1-5H,6-8H2,(H-,14,15,16,17)/p+1. The highest BCUT2D eigenvalue weighted by Crippen LogP contribution is 2.06. The van der Waals surface area contributed by atoms with Crippen LogP contribution >= 0.6 is 0 Å². The molecule has 1 aromatic carbocycles. The van der Waals surface area contributed by atoms with Crippen molar-refractivity contribution in [2.24, 2.45) is 0 Å². The molecule has 5 nitrogen and oxygen atoms in total. The van der Waals surface area contributed by atoms with E-state index in [1.165, 1.54) is 0 Å². The fourth-order valence-electron chi connectivity index (χ4n) is 1.40. The SMILES string of the molecule is O=C(O)C[S+](CC(=O)O)CC(=O)c1ccccc1. The van der Waals surface area contributed by atoms with Gasteiger partial charge in [-0.05, 0) is 0 Å². The summed E-state index contributed by atoms with van der Waals surface area (Å²) in [6.45, 7) is 0. The quantitative estimate of drug-likeness (QED) is 0.560. The molecular weight excluding hydrogens is 256 g/mol. The molecule has 96 valence electrons. The van der Waals surface area contributed by atoms with E-state index in [9.17, 15) is 14.4 Å². The number of Topliss-reactive ketones (excluding diaryl/α,β-unsaturated/α-hetero) is 1. The van der Waals surface area contributed by atoms with Gasteiger partial charge in [-0.1, -0.05) is 30.3 Å². The van der Waals surface area contributed by atoms with Gasteiger partial charge in [-0.15, -0.1) is 0 Å². The molecule has 0 spiro atoms. The maximum absolute atomic E-state index is 11.8. The third-order valence-electron chi connectivity index (χ3n) is 2.09. The second kappa shape index (κ2) is 6.80. The number of ketones is 1. The summed E-state index contributed by atoms with van der Waals surface area (Å²) in [4.78, 5) is 33.1. The van der Waals surface area contributed by atoms with Gasteiger partial charge in [-0.3, -0.25) is 4.79 Å². The van der Waals surface area contributed by atoms with Crippen LogP contribution in [-0.2, 0) is 20.5 Å². The summed E-state index contributed by atoms with van der Waals surface area (Å²) in [7, 11) is -0.964. The Bertz CT molecular complexity index is 427. The first-order chi connectivity index (χ1) is 8.49. The summed E-state index contributed by atoms with van der Waals surface area (Å²) in [6, 6.07) is 8.45. The van der Waals surface area contributed by atoms with Crippen molar-refractivity contribution in [3.63, 3.8) is 0 Å². The zero-order valence-electron chi connectivity index (χ0n) is 9.54. The van der Waals surface area contributed by atoms with Crippen molar-refractivity contribution in [1.29, 1.82) is 0 Å². The molecule has 0 saturated carbocycles. The van der Waals surface area contributed by atoms with Crippen LogP contribution in [0.2, 0.25) is 0 Å². The van der Waals surface area contributed by atoms with Crippen LogP contribution in [0.25, 0.3) is 0 Å². The van der Waals surface area contributed by atoms with E-state index in [0.717, 1.165) is 0 Å². The highest BCUT2D eigenvalue weighted by atomic mass is 32.2. The van der Waals surface area contributed by atoms with Crippen molar-refractivity contribution in [2.45, 2.75) is 0 Å². The molecule has 0 atom stereocenters. The first kappa shape index (κ1) is 14.2. The molecule has 0 amide bonds. The van der Waals surface area contributed by atoms with E-state index < -0.39 is 22.8 Å². The van der Waals surface area contributed by atoms with Crippen molar-refractivity contribution in [1.82, 2.24) is 0 Å². The van der Waals surface area contributed by atoms with Crippen molar-refractivity contribution in [3.05, 3.63) is 35.9 Å². The average Bonchev–Trinajstić information content (AvgIpc) is 2.28. The van der Waals surface area contributed by atoms with E-state index in [1.54, 1.807) is 30.3 Å². The lowest BCUT2D eigenvalue weighted by Gasteiger charge is -2.03. The summed E-state index contributed by atoms with van der Waals surface area (Å²) in [5.74, 6) is -3.00. The molecule has 0 heterocycles. The zero-order chi connectivity index (χ0) is 13.5. The number of carbonyl (C=O) groups is 3. The zero-order valence-corrected chi connectivity index (χ0v) is 10.4. The minimum absolute atomic E-state index is 0.0391. The molecule has 0 aliphatic rings. The van der Waals surface area contributed by atoms with Gasteiger partial charge >= 0.3 is 11.9 Å². The van der Waals surface area contributed by atoms with Crippen LogP contribution in [0.4, 0.5) is 0 Å². The maximum atomic E-state index is 11.8. The monoisotopic (exact) mass is 269 g/mol. The minimum Gasteiger partial charge on any atom is -0.478 e. The molecule has 0 aliphatic carbocycles. The molecule has 1 aromatic rings. The Labute approximate surface area is 107 Å². The topological polar surface area (TPSA) is 91.7 Å². The van der Waals surface area contributed by atoms with E-state index in [1.807, 2.05) is 0 Å². The maximum Gasteiger partial charge on any atom is 0.353 e. The molecule has 2 N–H and O–H groups in total. The van der Waals surface area contributed by atoms with E-state index in [2.05, 4.69) is 0 Å². The fourth-order valence-corrected chi connectivity index (χ4v) is 2.94. The lowest BCUT2D eigenvalue weighted by Crippen LogP contribution is -2.29. The lowest BCUT2D eigenvalue weighted by molar-refractivity contribution is -0.134. The van der Waals surface area contributed by atoms with Gasteiger partial charge < -0.3 is 10.2 Å². The van der Waals surface area contributed by atoms with E-state index >= 15 is 0 Å². The third kappa shape index (κ3) is 5.01. The molecule has 0 bridgehead atoms. The first-order valence-corrected chi connectivity index (χ1v) is 6.88. The normalized spacial score (nSPS) is 10.3. The Morgan fingerprint density at radius 2 is 1.39 bits per heavy atom. The molecular formula is C12H13O5S+. The van der Waals surface area contributed by atoms with Gasteiger partial charge in [0.25, 0.3) is 0 Å². The van der Waals surface area contributed by atoms with Crippen molar-refractivity contribution >= 4 is 28.6 Å². The van der Waals surface area contributed by atoms with Gasteiger partial charge in [0.05, 0.1) is 0 Å². The van der Waals surface area contributed by atoms with Crippen LogP contribution in [0.5, 0.6) is 0 Å². The van der Waals surface area contributed by atoms with Gasteiger partial charge in [0.15, 0.2) is 5.75 Å². The van der Waals surface area contributed by atoms with Gasteiger partial charge in [-0.25, -0.2) is 9.59 Å². The smallest absolute Gasteiger partial charge is 0.353 e. The number of hydrogen-bond donors (Lipinski definition) is 2. The second-order valence-electron chi connectivity index (χ2n) is 3.62. The number of hydrogen-bond acceptors (Lipinski definition) is 3. The number of carboxylic acid groups (broad SMARTS) is 2. The lowest BCUT2D eigenvalue weighted by atomic mass is 10.2. The van der Waals surface area contributed by atoms with E-state index in [0.29, 0.717) is 5.56 Å². The molecule has 0 saturated heterocycles. The summed E-state index contributed by atoms with van der Waals surface area (Å²) < 4.78 is 0. The fraction of sp³-hybridized carbons (Fsp3) is 0.250. The van der Waals surface area contributed by atoms with Crippen LogP contribution in [0.15, 0.2) is 30.3 Å². The van der Waals surface area contributed by atoms with Crippen LogP contribution < -0.4 is 0 Å². The Hall–Kier alpha value is -1.82. The molecule has 18 heavy (non-hydrogen) atoms. The minimum atomic E-state index is -1.08. The molecule has 0 radical (unpaired) electrons. The highest BCUT2D eigenvalue weighted by Gasteiger charge is 2.29. The van der Waals surface area contributed by atoms with Crippen LogP contribution in [0.3, 0.4) is 0 Å². The second-order valence-corrected chi connectivity index (χ2v) is 5.71. The van der Waals surface area contributed by atoms with E-state index in [4.69, 9.17) is 10.2 Å². The molecule has 0 aromatic heterocycles. The summed E-state index contributed by atoms with van der Waals surface area (Å²) in [5, 5.41) is 17.4. The average molecular weight is 269 g/mol. The molecule has 0 aliphatic heterocycles. The van der Waals surface area contributed by atoms with E-state index in [-0.39, 0.29) is 23.0 Å². The Morgan fingerprint density at radius 3 is 1.83 bits per heavy atom. The molecule has 1 rings (SSSR count). The number of rotatable bonds is 7. The van der Waals surface area contributed by atoms with Crippen molar-refractivity contribution < 1.29 is 24.6 Å². The van der Waals surface area contributed by atoms with Crippen LogP contribution in [0.1, 0.15) is 10.4 Å². The van der Waals surface area contributed by atoms with Gasteiger partial charge in [-0.2, -0.15) is 0 Å². The van der Waals surface area contributed by atoms with Gasteiger partial charge in [0.1, 0.15) is 0 Å². The first-order valence-electron chi connectivity index (χ1n) is 5.15. The van der Waals surface area contributed by atoms with Crippen LogP contribution in [0, 0.1) is 0 Å². The van der Waals surface area contributed by atoms with Gasteiger partial charge in [0, 0.05) is 16.5 Å². The van der Waals surface area contributed by atoms with Crippen LogP contribution in [-0.4, -0.2) is 45.2 Å². The van der Waals surface area contributed by atoms with Crippen molar-refractivity contribution in [3.8, 4) is 0 Å². The summed E-state index contributed by atoms with van der Waals surface area (Å²) >= 11 is 0. The predicted octanol–water partition coefficient (Wildman–Crippen LogP) is 0.657. The van der Waals surface area contributed by atoms with Crippen molar-refractivity contribution in [2.75, 3.05) is 17.3 Å². The molecule has 0 unspecified atom stereocenters. The Balaban J connectivity index is 2.68. The number of carboxylic acids is 2. The number of benzene rings is 1. The molecule has 0 fully saturated rings. The largest absolute Gasteiger partial charge is 0.478 e. The predicted molar refractivity (Wildman–Crippen MR) is 68.0 cm³/mol. The summed E-state index contributed by atoms with van der Waals surface area (Å²) in [5.41, 5.74) is 0.478. The third-order valence-corrected chi connectivity index (χ3v) is 4.07. The Kier molecular flexibility index (Phi) is 5.38. The summed E-state index contributed by atoms with van der Waals surface area (Å²) in [6.07, 6.45) is 0. The number of carbonyl (C=O) groups excluding carboxylic acids is 1. The Morgan fingerprint density at radius 1 is 0.889 bits per heavy atom. The van der Waals surface area contributed by atoms with Gasteiger partial charge in [0.2, 0.25) is 17.3 Å². The number of aliphatic carboxylic acids is 2. The highest BCUT2D eigenvalue weighted by molar-refractivity contribution is 7.98.